The second-order valence-corrected chi connectivity index (χ2v) is 68.9. The van der Waals surface area contributed by atoms with Gasteiger partial charge in [-0.2, -0.15) is 0 Å². The smallest absolute Gasteiger partial charge is 0.252 e. The van der Waals surface area contributed by atoms with E-state index in [4.69, 9.17) is 8.83 Å². The molecular formula is C132H109B3N6O2Si5. The van der Waals surface area contributed by atoms with Crippen LogP contribution >= 0.6 is 0 Å². The van der Waals surface area contributed by atoms with E-state index in [1.807, 2.05) is 0 Å². The zero-order chi connectivity index (χ0) is 99.7. The van der Waals surface area contributed by atoms with Crippen LogP contribution in [0.3, 0.4) is 0 Å². The van der Waals surface area contributed by atoms with Crippen molar-refractivity contribution in [2.45, 2.75) is 78.1 Å². The number of fused-ring (bicyclic) bond motifs is 20. The van der Waals surface area contributed by atoms with Gasteiger partial charge in [0.25, 0.3) is 20.1 Å². The van der Waals surface area contributed by atoms with Crippen molar-refractivity contribution in [3.8, 4) is 11.1 Å². The number of hydrogen-bond donors (Lipinski definition) is 0. The number of para-hydroxylation sites is 6. The van der Waals surface area contributed by atoms with Crippen molar-refractivity contribution >= 4 is 297 Å². The molecule has 20 aromatic carbocycles. The molecule has 0 aliphatic carbocycles. The van der Waals surface area contributed by atoms with E-state index in [9.17, 15) is 0 Å². The largest absolute Gasteiger partial charge is 0.454 e. The minimum Gasteiger partial charge on any atom is -0.454 e. The summed E-state index contributed by atoms with van der Waals surface area (Å²) in [5.41, 5.74) is 39.5. The van der Waals surface area contributed by atoms with Crippen LogP contribution in [0.15, 0.2) is 458 Å². The van der Waals surface area contributed by atoms with Gasteiger partial charge in [-0.25, -0.2) is 0 Å². The van der Waals surface area contributed by atoms with Gasteiger partial charge >= 0.3 is 0 Å². The quantitative estimate of drug-likeness (QED) is 0.0660. The molecular weight excluding hydrogens is 1870 g/mol. The molecule has 0 saturated heterocycles. The molecule has 0 unspecified atom stereocenters. The first-order valence-electron chi connectivity index (χ1n) is 52.4. The summed E-state index contributed by atoms with van der Waals surface area (Å²) >= 11 is 0. The van der Waals surface area contributed by atoms with Gasteiger partial charge in [-0.3, -0.25) is 0 Å². The Labute approximate surface area is 872 Å². The minimum absolute atomic E-state index is 0.0504. The third-order valence-electron chi connectivity index (χ3n) is 33.0. The van der Waals surface area contributed by atoms with Gasteiger partial charge in [0.2, 0.25) is 0 Å². The van der Waals surface area contributed by atoms with Crippen LogP contribution in [0.1, 0.15) is 5.56 Å². The lowest BCUT2D eigenvalue weighted by Crippen LogP contribution is -2.75. The fourth-order valence-corrected chi connectivity index (χ4v) is 36.7. The van der Waals surface area contributed by atoms with Gasteiger partial charge in [0.1, 0.15) is 11.2 Å². The number of furan rings is 2. The molecule has 0 atom stereocenters. The lowest BCUT2D eigenvalue weighted by atomic mass is 9.33. The zero-order valence-corrected chi connectivity index (χ0v) is 90.2. The third kappa shape index (κ3) is 13.9. The van der Waals surface area contributed by atoms with Crippen molar-refractivity contribution in [2.75, 3.05) is 29.4 Å². The molecule has 8 heterocycles. The van der Waals surface area contributed by atoms with Gasteiger partial charge in [-0.05, 0) is 233 Å². The normalized spacial score (nSPS) is 13.8. The van der Waals surface area contributed by atoms with E-state index in [1.165, 1.54) is 159 Å². The van der Waals surface area contributed by atoms with E-state index >= 15 is 0 Å². The van der Waals surface area contributed by atoms with Crippen LogP contribution < -0.4 is 120 Å². The molecule has 0 fully saturated rings. The molecule has 2 aromatic heterocycles. The van der Waals surface area contributed by atoms with Gasteiger partial charge in [0, 0.05) is 113 Å². The second-order valence-electron chi connectivity index (χ2n) is 45.1. The Bertz CT molecular complexity index is 8930. The molecule has 0 N–H and O–H groups in total. The van der Waals surface area contributed by atoms with Crippen molar-refractivity contribution < 1.29 is 8.83 Å². The van der Waals surface area contributed by atoms with Crippen LogP contribution in [0, 0.1) is 0 Å². The molecule has 0 saturated carbocycles. The Kier molecular flexibility index (Phi) is 20.5. The lowest BCUT2D eigenvalue weighted by molar-refractivity contribution is 0.669. The average molecular weight is 1980 g/mol. The first kappa shape index (κ1) is 89.7. The van der Waals surface area contributed by atoms with Crippen LogP contribution in [0.4, 0.5) is 102 Å². The Morgan fingerprint density at radius 1 is 0.203 bits per heavy atom. The SMILES string of the molecule is C[Si](C)(C)c1ccc(N2c3ccc([Si](C)(C)C)cc3B3c4cc(-c5ccc6c(c5)B5c7cc([Si](C)(C)C)ccc7N(c7ccc([Si](C)(C)Cc8ccc([Si](c9ccccc9)(c9ccccc9)c9cc%10c%11c(c9)N(c9ccccc9)c9c(ccc%12c9oc9ccccc9%12)B%11c9ccc%11c(oc%12ccccc%12%11)c9N%10c9ccccc9)cc8)cc7)c7cccc(c75)N6c5ccccc5)ccc4N(c4ccccc4)c4cccc2c43)cc1. The van der Waals surface area contributed by atoms with E-state index in [0.717, 1.165) is 101 Å². The molecule has 0 radical (unpaired) electrons. The summed E-state index contributed by atoms with van der Waals surface area (Å²) < 4.78 is 14.7. The van der Waals surface area contributed by atoms with Crippen LogP contribution in [0.25, 0.3) is 55.0 Å². The number of hydrogen-bond acceptors (Lipinski definition) is 8. The molecule has 0 bridgehead atoms. The molecule has 148 heavy (non-hydrogen) atoms. The first-order valence-corrected chi connectivity index (χ1v) is 68.1. The summed E-state index contributed by atoms with van der Waals surface area (Å²) in [4.78, 5) is 15.4. The predicted molar refractivity (Wildman–Crippen MR) is 648 cm³/mol. The maximum atomic E-state index is 7.33. The van der Waals surface area contributed by atoms with Crippen molar-refractivity contribution in [3.63, 3.8) is 0 Å². The summed E-state index contributed by atoms with van der Waals surface area (Å²) in [6, 6.07) is 174. The summed E-state index contributed by atoms with van der Waals surface area (Å²) in [5, 5.41) is 15.3. The molecule has 6 aliphatic rings. The average Bonchev–Trinajstić information content (AvgIpc) is 1.18. The molecule has 22 aromatic rings. The van der Waals surface area contributed by atoms with Crippen molar-refractivity contribution in [2.24, 2.45) is 0 Å². The summed E-state index contributed by atoms with van der Waals surface area (Å²) in [5.74, 6) is 0. The van der Waals surface area contributed by atoms with Gasteiger partial charge in [-0.15, -0.1) is 0 Å². The van der Waals surface area contributed by atoms with Crippen LogP contribution in [0.2, 0.25) is 72.0 Å². The van der Waals surface area contributed by atoms with Crippen molar-refractivity contribution in [3.05, 3.63) is 454 Å². The van der Waals surface area contributed by atoms with Crippen molar-refractivity contribution in [1.29, 1.82) is 0 Å². The van der Waals surface area contributed by atoms with Gasteiger partial charge < -0.3 is 38.2 Å². The highest BCUT2D eigenvalue weighted by Crippen LogP contribution is 2.53. The lowest BCUT2D eigenvalue weighted by Gasteiger charge is -2.45. The maximum absolute atomic E-state index is 7.33. The van der Waals surface area contributed by atoms with E-state index in [1.54, 1.807) is 0 Å². The topological polar surface area (TPSA) is 45.7 Å². The molecule has 708 valence electrons. The standard InChI is InChI=1S/C132H109B3N6O2Si5/c1-144(2,3)96-66-60-94(61-67-96)138-116-78-70-101(145(4,5)6)82-112(116)134-110-80-88(58-76-114(110)136(90-36-18-12-19-37-90)118-50-34-52-120(138)126(118)134)89-59-77-115-111(81-89)135-113-83-102(146(7,8)9)71-79-117(113)139(121-53-35-51-119(127(121)135)137(115)91-38-20-13-21-39-91)95-62-68-97(69-63-95)147(10,11)86-87-56-64-100(65-57-87)148(98-44-26-16-27-45-98,99-46-28-17-29-47-99)103-84-122-128-123(85-103)141(93-42-24-15-25-43-93)130-109(75-73-107-105-49-31-33-55-125(105)143-132(107)130)133(128)108-74-72-106-104-48-30-32-54-124(104)142-131(106)129(108)140(122)92-40-22-14-23-41-92/h12-85H,86H2,1-11H3. The monoisotopic (exact) mass is 1980 g/mol. The van der Waals surface area contributed by atoms with Crippen molar-refractivity contribution in [1.82, 2.24) is 0 Å². The third-order valence-corrected chi connectivity index (χ3v) is 47.1. The Morgan fingerprint density at radius 2 is 0.507 bits per heavy atom. The van der Waals surface area contributed by atoms with E-state index < -0.39 is 40.4 Å². The molecule has 6 aliphatic heterocycles. The van der Waals surface area contributed by atoms with Crippen LogP contribution in [0.5, 0.6) is 0 Å². The molecule has 0 spiro atoms. The maximum Gasteiger partial charge on any atom is 0.252 e. The number of benzene rings is 20. The van der Waals surface area contributed by atoms with Crippen LogP contribution in [-0.4, -0.2) is 60.5 Å². The summed E-state index contributed by atoms with van der Waals surface area (Å²) in [6.45, 7) is 27.1. The van der Waals surface area contributed by atoms with Gasteiger partial charge in [-0.1, -0.05) is 402 Å². The van der Waals surface area contributed by atoms with E-state index in [-0.39, 0.29) is 20.1 Å². The fraction of sp³-hybridized carbons (Fsp3) is 0.0909. The highest BCUT2D eigenvalue weighted by Gasteiger charge is 2.52. The van der Waals surface area contributed by atoms with Gasteiger partial charge in [0.05, 0.1) is 43.7 Å². The fourth-order valence-electron chi connectivity index (χ4n) is 25.9. The predicted octanol–water partition coefficient (Wildman–Crippen LogP) is 24.1. The summed E-state index contributed by atoms with van der Waals surface area (Å²) in [6.07, 6.45) is 0. The van der Waals surface area contributed by atoms with E-state index in [2.05, 4.69) is 550 Å². The van der Waals surface area contributed by atoms with Crippen LogP contribution in [-0.2, 0) is 6.04 Å². The number of anilines is 18. The Hall–Kier alpha value is -15.9. The molecule has 0 amide bonds. The first-order chi connectivity index (χ1) is 72.1. The highest BCUT2D eigenvalue weighted by atomic mass is 28.3. The molecule has 28 rings (SSSR count). The number of rotatable bonds is 17. The van der Waals surface area contributed by atoms with Gasteiger partial charge in [0.15, 0.2) is 19.2 Å². The highest BCUT2D eigenvalue weighted by molar-refractivity contribution is 7.20. The van der Waals surface area contributed by atoms with E-state index in [0.29, 0.717) is 0 Å². The minimum atomic E-state index is -3.45. The summed E-state index contributed by atoms with van der Waals surface area (Å²) in [7, 11) is -11.1. The zero-order valence-electron chi connectivity index (χ0n) is 85.2. The Balaban J connectivity index is 0.566. The molecule has 16 heteroatoms. The second kappa shape index (κ2) is 33.8. The molecule has 8 nitrogen and oxygen atoms in total. The Morgan fingerprint density at radius 3 is 0.892 bits per heavy atom. The number of nitrogens with zero attached hydrogens (tertiary/aromatic N) is 6.